The van der Waals surface area contributed by atoms with Crippen molar-refractivity contribution >= 4 is 11.5 Å². The van der Waals surface area contributed by atoms with Gasteiger partial charge < -0.3 is 15.3 Å². The second-order valence-electron chi connectivity index (χ2n) is 11.2. The summed E-state index contributed by atoms with van der Waals surface area (Å²) >= 11 is 0. The molecular formula is C24H38N2O3. The van der Waals surface area contributed by atoms with Crippen LogP contribution in [0.25, 0.3) is 0 Å². The van der Waals surface area contributed by atoms with E-state index >= 15 is 0 Å². The molecule has 1 aliphatic heterocycles. The van der Waals surface area contributed by atoms with Crippen molar-refractivity contribution in [1.82, 2.24) is 5.32 Å². The van der Waals surface area contributed by atoms with E-state index in [9.17, 15) is 9.90 Å². The molecule has 0 amide bonds. The second-order valence-corrected chi connectivity index (χ2v) is 11.2. The van der Waals surface area contributed by atoms with Crippen LogP contribution >= 0.6 is 0 Å². The first-order valence-corrected chi connectivity index (χ1v) is 12.0. The first kappa shape index (κ1) is 20.0. The molecule has 4 saturated carbocycles. The zero-order valence-corrected chi connectivity index (χ0v) is 18.2. The first-order chi connectivity index (χ1) is 14.0. The number of aliphatic hydroxyl groups excluding tert-OH is 1. The fourth-order valence-electron chi connectivity index (χ4n) is 8.14. The molecule has 5 aliphatic rings. The van der Waals surface area contributed by atoms with Crippen LogP contribution in [-0.2, 0) is 9.63 Å². The molecule has 5 heteroatoms. The fourth-order valence-corrected chi connectivity index (χ4v) is 8.14. The molecule has 162 valence electrons. The van der Waals surface area contributed by atoms with Crippen molar-refractivity contribution in [3.05, 3.63) is 0 Å². The number of carbonyl (C=O) groups is 1. The number of hydrogen-bond donors (Lipinski definition) is 2. The van der Waals surface area contributed by atoms with Gasteiger partial charge in [0.25, 0.3) is 0 Å². The molecule has 2 N–H and O–H groups in total. The van der Waals surface area contributed by atoms with Gasteiger partial charge in [0.15, 0.2) is 0 Å². The lowest BCUT2D eigenvalue weighted by molar-refractivity contribution is -0.148. The Balaban J connectivity index is 1.36. The highest BCUT2D eigenvalue weighted by Gasteiger charge is 2.62. The van der Waals surface area contributed by atoms with E-state index in [-0.39, 0.29) is 18.1 Å². The Bertz CT molecular complexity index is 688. The summed E-state index contributed by atoms with van der Waals surface area (Å²) < 4.78 is 0. The third-order valence-electron chi connectivity index (χ3n) is 9.97. The van der Waals surface area contributed by atoms with Crippen molar-refractivity contribution in [2.45, 2.75) is 77.7 Å². The minimum Gasteiger partial charge on any atom is -0.396 e. The summed E-state index contributed by atoms with van der Waals surface area (Å²) in [7, 11) is 0. The van der Waals surface area contributed by atoms with Crippen LogP contribution in [0, 0.1) is 40.4 Å². The molecule has 0 aromatic carbocycles. The van der Waals surface area contributed by atoms with Crippen LogP contribution in [0.4, 0.5) is 0 Å². The zero-order valence-electron chi connectivity index (χ0n) is 18.2. The number of fused-ring (bicyclic) bond motifs is 5. The molecular weight excluding hydrogens is 364 g/mol. The van der Waals surface area contributed by atoms with E-state index in [1.807, 2.05) is 0 Å². The molecule has 4 aliphatic carbocycles. The standard InChI is InChI=1S/C24H38N2O3/c1-23-8-5-17(26-29-18-7-10-25-13-18)12-16(23)11-15(14-27)22-19-3-4-21(28)24(19,2)9-6-20(22)23/h15-16,18-20,22,25,27H,3-14H2,1-2H3/b26-17+/t15-,16?,18-,19+,20+,22+,23+,24+/m1/s1. The first-order valence-electron chi connectivity index (χ1n) is 12.0. The van der Waals surface area contributed by atoms with Crippen molar-refractivity contribution < 1.29 is 14.7 Å². The minimum absolute atomic E-state index is 0.123. The number of hydrogen-bond acceptors (Lipinski definition) is 5. The highest BCUT2D eigenvalue weighted by molar-refractivity contribution is 5.87. The summed E-state index contributed by atoms with van der Waals surface area (Å²) in [5.41, 5.74) is 1.42. The summed E-state index contributed by atoms with van der Waals surface area (Å²) in [6.45, 7) is 6.95. The van der Waals surface area contributed by atoms with Gasteiger partial charge in [-0.2, -0.15) is 0 Å². The van der Waals surface area contributed by atoms with E-state index in [1.54, 1.807) is 0 Å². The average Bonchev–Trinajstić information content (AvgIpc) is 3.34. The zero-order chi connectivity index (χ0) is 20.2. The number of ketones is 1. The number of aliphatic hydroxyl groups is 1. The number of nitrogens with one attached hydrogen (secondary N) is 1. The van der Waals surface area contributed by atoms with Crippen LogP contribution in [0.1, 0.15) is 71.6 Å². The SMILES string of the molecule is C[C@]12CC/C(=N\O[C@@H]3CCNC3)CC1C[C@H](CO)[C@@H]1[C@@H]2CC[C@]2(C)C(=O)CC[C@@H]12. The summed E-state index contributed by atoms with van der Waals surface area (Å²) in [6, 6.07) is 0. The van der Waals surface area contributed by atoms with Crippen molar-refractivity contribution in [2.75, 3.05) is 19.7 Å². The number of carbonyl (C=O) groups excluding carboxylic acids is 1. The molecule has 1 saturated heterocycles. The Morgan fingerprint density at radius 3 is 2.79 bits per heavy atom. The summed E-state index contributed by atoms with van der Waals surface area (Å²) in [6.07, 6.45) is 9.62. The third kappa shape index (κ3) is 3.10. The van der Waals surface area contributed by atoms with E-state index in [4.69, 9.17) is 4.84 Å². The highest BCUT2D eigenvalue weighted by Crippen LogP contribution is 2.66. The van der Waals surface area contributed by atoms with Crippen LogP contribution < -0.4 is 5.32 Å². The molecule has 0 aromatic rings. The quantitative estimate of drug-likeness (QED) is 0.708. The number of rotatable bonds is 3. The van der Waals surface area contributed by atoms with Gasteiger partial charge in [-0.3, -0.25) is 4.79 Å². The molecule has 0 spiro atoms. The van der Waals surface area contributed by atoms with Crippen molar-refractivity contribution in [3.63, 3.8) is 0 Å². The Morgan fingerprint density at radius 1 is 1.17 bits per heavy atom. The molecule has 5 rings (SSSR count). The van der Waals surface area contributed by atoms with E-state index < -0.39 is 0 Å². The second kappa shape index (κ2) is 7.33. The minimum atomic E-state index is -0.123. The Kier molecular flexibility index (Phi) is 5.05. The normalized spacial score (nSPS) is 50.9. The monoisotopic (exact) mass is 402 g/mol. The molecule has 1 unspecified atom stereocenters. The predicted molar refractivity (Wildman–Crippen MR) is 112 cm³/mol. The number of Topliss-reactive ketones (excluding diaryl/α,β-unsaturated/α-hetero) is 1. The topological polar surface area (TPSA) is 70.9 Å². The Morgan fingerprint density at radius 2 is 2.03 bits per heavy atom. The van der Waals surface area contributed by atoms with Gasteiger partial charge in [-0.25, -0.2) is 0 Å². The lowest BCUT2D eigenvalue weighted by atomic mass is 9.43. The van der Waals surface area contributed by atoms with Crippen LogP contribution in [0.3, 0.4) is 0 Å². The van der Waals surface area contributed by atoms with Crippen LogP contribution in [0.5, 0.6) is 0 Å². The van der Waals surface area contributed by atoms with E-state index in [0.29, 0.717) is 40.8 Å². The average molecular weight is 403 g/mol. The predicted octanol–water partition coefficient (Wildman–Crippen LogP) is 3.55. The van der Waals surface area contributed by atoms with Gasteiger partial charge in [-0.05, 0) is 86.5 Å². The van der Waals surface area contributed by atoms with Gasteiger partial charge in [-0.1, -0.05) is 19.0 Å². The van der Waals surface area contributed by atoms with Gasteiger partial charge in [0, 0.05) is 31.4 Å². The van der Waals surface area contributed by atoms with Gasteiger partial charge in [-0.15, -0.1) is 0 Å². The van der Waals surface area contributed by atoms with E-state index in [1.165, 1.54) is 12.1 Å². The largest absolute Gasteiger partial charge is 0.396 e. The lowest BCUT2D eigenvalue weighted by Gasteiger charge is -2.61. The third-order valence-corrected chi connectivity index (χ3v) is 9.97. The lowest BCUT2D eigenvalue weighted by Crippen LogP contribution is -2.57. The Hall–Kier alpha value is -0.940. The number of nitrogens with zero attached hydrogens (tertiary/aromatic N) is 1. The van der Waals surface area contributed by atoms with Gasteiger partial charge >= 0.3 is 0 Å². The molecule has 0 radical (unpaired) electrons. The summed E-state index contributed by atoms with van der Waals surface area (Å²) in [5.74, 6) is 3.06. The van der Waals surface area contributed by atoms with Crippen molar-refractivity contribution in [3.8, 4) is 0 Å². The summed E-state index contributed by atoms with van der Waals surface area (Å²) in [4.78, 5) is 18.5. The van der Waals surface area contributed by atoms with E-state index in [2.05, 4.69) is 24.3 Å². The van der Waals surface area contributed by atoms with E-state index in [0.717, 1.165) is 64.5 Å². The van der Waals surface area contributed by atoms with Crippen LogP contribution in [0.2, 0.25) is 0 Å². The molecule has 29 heavy (non-hydrogen) atoms. The van der Waals surface area contributed by atoms with Gasteiger partial charge in [0.2, 0.25) is 0 Å². The van der Waals surface area contributed by atoms with Crippen molar-refractivity contribution in [1.29, 1.82) is 0 Å². The maximum Gasteiger partial charge on any atom is 0.141 e. The maximum absolute atomic E-state index is 12.7. The molecule has 5 nitrogen and oxygen atoms in total. The fraction of sp³-hybridized carbons (Fsp3) is 0.917. The summed E-state index contributed by atoms with van der Waals surface area (Å²) in [5, 5.41) is 18.3. The van der Waals surface area contributed by atoms with Crippen LogP contribution in [0.15, 0.2) is 5.16 Å². The molecule has 0 aromatic heterocycles. The molecule has 8 atom stereocenters. The number of oxime groups is 1. The smallest absolute Gasteiger partial charge is 0.141 e. The van der Waals surface area contributed by atoms with Crippen molar-refractivity contribution in [2.24, 2.45) is 45.6 Å². The van der Waals surface area contributed by atoms with Gasteiger partial charge in [0.1, 0.15) is 11.9 Å². The Labute approximate surface area is 175 Å². The molecule has 5 fully saturated rings. The highest BCUT2D eigenvalue weighted by atomic mass is 16.6. The molecule has 0 bridgehead atoms. The van der Waals surface area contributed by atoms with Gasteiger partial charge in [0.05, 0.1) is 5.71 Å². The molecule has 1 heterocycles. The maximum atomic E-state index is 12.7. The van der Waals surface area contributed by atoms with Crippen LogP contribution in [-0.4, -0.2) is 42.4 Å².